The van der Waals surface area contributed by atoms with Crippen LogP contribution in [0, 0.1) is 11.3 Å². The Morgan fingerprint density at radius 1 is 1.25 bits per heavy atom. The molecule has 0 aromatic heterocycles. The number of hydrogen-bond acceptors (Lipinski definition) is 4. The average molecular weight is 272 g/mol. The number of amides is 1. The third-order valence-corrected chi connectivity index (χ3v) is 3.89. The van der Waals surface area contributed by atoms with Gasteiger partial charge in [0.2, 0.25) is 0 Å². The first kappa shape index (κ1) is 14.1. The summed E-state index contributed by atoms with van der Waals surface area (Å²) in [5.74, 6) is -0.646. The lowest BCUT2D eigenvalue weighted by molar-refractivity contribution is 0.0496. The smallest absolute Gasteiger partial charge is 0.337 e. The maximum Gasteiger partial charge on any atom is 0.337 e. The molecule has 0 bridgehead atoms. The lowest BCUT2D eigenvalue weighted by Gasteiger charge is -2.42. The van der Waals surface area contributed by atoms with E-state index in [1.54, 1.807) is 31.3 Å². The first-order valence-electron chi connectivity index (χ1n) is 6.42. The molecule has 1 amide bonds. The molecule has 0 heterocycles. The Bertz CT molecular complexity index is 568. The van der Waals surface area contributed by atoms with Crippen LogP contribution in [0.25, 0.3) is 0 Å². The van der Waals surface area contributed by atoms with Gasteiger partial charge in [-0.2, -0.15) is 5.26 Å². The Morgan fingerprint density at radius 2 is 1.80 bits per heavy atom. The van der Waals surface area contributed by atoms with Gasteiger partial charge in [0.05, 0.1) is 18.7 Å². The highest BCUT2D eigenvalue weighted by Gasteiger charge is 2.43. The molecule has 0 atom stereocenters. The summed E-state index contributed by atoms with van der Waals surface area (Å²) in [7, 11) is 2.96. The minimum Gasteiger partial charge on any atom is -0.465 e. The minimum atomic E-state index is -0.669. The normalized spacial score (nSPS) is 15.7. The Hall–Kier alpha value is -2.35. The van der Waals surface area contributed by atoms with Crippen molar-refractivity contribution in [2.75, 3.05) is 14.2 Å². The molecule has 0 unspecified atom stereocenters. The predicted molar refractivity (Wildman–Crippen MR) is 72.1 cm³/mol. The molecule has 0 N–H and O–H groups in total. The highest BCUT2D eigenvalue weighted by molar-refractivity contribution is 5.96. The van der Waals surface area contributed by atoms with Crippen LogP contribution in [0.15, 0.2) is 24.3 Å². The number of carbonyl (C=O) groups excluding carboxylic acids is 2. The number of ether oxygens (including phenoxy) is 1. The SMILES string of the molecule is COC(=O)c1ccc(C(=O)N(C)C2(C#N)CCC2)cc1. The van der Waals surface area contributed by atoms with Gasteiger partial charge in [0.25, 0.3) is 5.91 Å². The Labute approximate surface area is 117 Å². The van der Waals surface area contributed by atoms with Gasteiger partial charge < -0.3 is 9.64 Å². The summed E-state index contributed by atoms with van der Waals surface area (Å²) in [5, 5.41) is 9.25. The molecule has 5 heteroatoms. The van der Waals surface area contributed by atoms with Crippen molar-refractivity contribution in [3.05, 3.63) is 35.4 Å². The zero-order valence-corrected chi connectivity index (χ0v) is 11.5. The Morgan fingerprint density at radius 3 is 2.20 bits per heavy atom. The molecule has 1 aliphatic carbocycles. The number of rotatable bonds is 3. The van der Waals surface area contributed by atoms with Crippen LogP contribution in [-0.2, 0) is 4.74 Å². The van der Waals surface area contributed by atoms with Crippen molar-refractivity contribution in [1.82, 2.24) is 4.90 Å². The fourth-order valence-electron chi connectivity index (χ4n) is 2.29. The second-order valence-corrected chi connectivity index (χ2v) is 4.93. The molecule has 1 aromatic carbocycles. The predicted octanol–water partition coefficient (Wildman–Crippen LogP) is 1.99. The number of nitriles is 1. The Balaban J connectivity index is 2.17. The average Bonchev–Trinajstić information content (AvgIpc) is 2.45. The minimum absolute atomic E-state index is 0.206. The standard InChI is InChI=1S/C15H16N2O3/c1-17(15(10-16)8-3-9-15)13(18)11-4-6-12(7-5-11)14(19)20-2/h4-7H,3,8-9H2,1-2H3. The third kappa shape index (κ3) is 2.25. The highest BCUT2D eigenvalue weighted by Crippen LogP contribution is 2.36. The maximum atomic E-state index is 12.4. The van der Waals surface area contributed by atoms with Gasteiger partial charge in [0, 0.05) is 12.6 Å². The van der Waals surface area contributed by atoms with Gasteiger partial charge in [-0.05, 0) is 43.5 Å². The quantitative estimate of drug-likeness (QED) is 0.789. The van der Waals surface area contributed by atoms with Crippen LogP contribution in [0.4, 0.5) is 0 Å². The number of hydrogen-bond donors (Lipinski definition) is 0. The number of carbonyl (C=O) groups is 2. The first-order chi connectivity index (χ1) is 9.54. The molecule has 104 valence electrons. The van der Waals surface area contributed by atoms with Crippen molar-refractivity contribution in [1.29, 1.82) is 5.26 Å². The van der Waals surface area contributed by atoms with E-state index >= 15 is 0 Å². The zero-order chi connectivity index (χ0) is 14.8. The molecular weight excluding hydrogens is 256 g/mol. The van der Waals surface area contributed by atoms with E-state index in [9.17, 15) is 14.9 Å². The van der Waals surface area contributed by atoms with Gasteiger partial charge in [0.1, 0.15) is 5.54 Å². The van der Waals surface area contributed by atoms with Crippen LogP contribution in [-0.4, -0.2) is 36.5 Å². The molecule has 0 spiro atoms. The molecule has 0 saturated heterocycles. The summed E-state index contributed by atoms with van der Waals surface area (Å²) in [4.78, 5) is 25.2. The lowest BCUT2D eigenvalue weighted by Crippen LogP contribution is -2.53. The van der Waals surface area contributed by atoms with Crippen LogP contribution >= 0.6 is 0 Å². The fourth-order valence-corrected chi connectivity index (χ4v) is 2.29. The van der Waals surface area contributed by atoms with E-state index in [4.69, 9.17) is 0 Å². The summed E-state index contributed by atoms with van der Waals surface area (Å²) >= 11 is 0. The van der Waals surface area contributed by atoms with E-state index in [0.717, 1.165) is 6.42 Å². The molecule has 1 fully saturated rings. The number of nitrogens with zero attached hydrogens (tertiary/aromatic N) is 2. The van der Waals surface area contributed by atoms with E-state index in [2.05, 4.69) is 10.8 Å². The highest BCUT2D eigenvalue weighted by atomic mass is 16.5. The van der Waals surface area contributed by atoms with Gasteiger partial charge in [-0.15, -0.1) is 0 Å². The van der Waals surface area contributed by atoms with Crippen molar-refractivity contribution in [2.24, 2.45) is 0 Å². The molecular formula is C15H16N2O3. The van der Waals surface area contributed by atoms with Crippen LogP contribution < -0.4 is 0 Å². The molecule has 1 saturated carbocycles. The number of esters is 1. The summed E-state index contributed by atoms with van der Waals surface area (Å²) < 4.78 is 4.60. The van der Waals surface area contributed by atoms with E-state index in [1.165, 1.54) is 12.0 Å². The third-order valence-electron chi connectivity index (χ3n) is 3.89. The lowest BCUT2D eigenvalue weighted by atomic mass is 9.76. The van der Waals surface area contributed by atoms with E-state index in [1.807, 2.05) is 0 Å². The van der Waals surface area contributed by atoms with Crippen molar-refractivity contribution < 1.29 is 14.3 Å². The van der Waals surface area contributed by atoms with Crippen molar-refractivity contribution in [3.8, 4) is 6.07 Å². The first-order valence-corrected chi connectivity index (χ1v) is 6.42. The molecule has 20 heavy (non-hydrogen) atoms. The monoisotopic (exact) mass is 272 g/mol. The molecule has 5 nitrogen and oxygen atoms in total. The topological polar surface area (TPSA) is 70.4 Å². The largest absolute Gasteiger partial charge is 0.465 e. The second kappa shape index (κ2) is 5.33. The summed E-state index contributed by atoms with van der Waals surface area (Å²) in [6, 6.07) is 8.49. The molecule has 0 radical (unpaired) electrons. The summed E-state index contributed by atoms with van der Waals surface area (Å²) in [5.41, 5.74) is 0.185. The van der Waals surface area contributed by atoms with Gasteiger partial charge in [-0.3, -0.25) is 4.79 Å². The van der Waals surface area contributed by atoms with E-state index in [-0.39, 0.29) is 5.91 Å². The molecule has 0 aliphatic heterocycles. The van der Waals surface area contributed by atoms with Gasteiger partial charge in [-0.25, -0.2) is 4.79 Å². The number of methoxy groups -OCH3 is 1. The van der Waals surface area contributed by atoms with Gasteiger partial charge >= 0.3 is 5.97 Å². The van der Waals surface area contributed by atoms with Crippen molar-refractivity contribution >= 4 is 11.9 Å². The molecule has 1 aromatic rings. The molecule has 2 rings (SSSR count). The molecule has 1 aliphatic rings. The zero-order valence-electron chi connectivity index (χ0n) is 11.5. The van der Waals surface area contributed by atoms with Crippen LogP contribution in [0.1, 0.15) is 40.0 Å². The van der Waals surface area contributed by atoms with Crippen molar-refractivity contribution in [3.63, 3.8) is 0 Å². The van der Waals surface area contributed by atoms with Crippen LogP contribution in [0.3, 0.4) is 0 Å². The van der Waals surface area contributed by atoms with E-state index < -0.39 is 11.5 Å². The summed E-state index contributed by atoms with van der Waals surface area (Å²) in [6.45, 7) is 0. The van der Waals surface area contributed by atoms with Crippen molar-refractivity contribution in [2.45, 2.75) is 24.8 Å². The van der Waals surface area contributed by atoms with Crippen LogP contribution in [0.5, 0.6) is 0 Å². The fraction of sp³-hybridized carbons (Fsp3) is 0.400. The Kier molecular flexibility index (Phi) is 3.75. The van der Waals surface area contributed by atoms with E-state index in [0.29, 0.717) is 24.0 Å². The van der Waals surface area contributed by atoms with Crippen LogP contribution in [0.2, 0.25) is 0 Å². The van der Waals surface area contributed by atoms with Gasteiger partial charge in [0.15, 0.2) is 0 Å². The summed E-state index contributed by atoms with van der Waals surface area (Å²) in [6.07, 6.45) is 2.39. The second-order valence-electron chi connectivity index (χ2n) is 4.93. The maximum absolute atomic E-state index is 12.4. The van der Waals surface area contributed by atoms with Gasteiger partial charge in [-0.1, -0.05) is 0 Å². The number of benzene rings is 1.